The van der Waals surface area contributed by atoms with Gasteiger partial charge in [0.25, 0.3) is 11.8 Å². The number of nitrogens with zero attached hydrogens (tertiary/aromatic N) is 2. The van der Waals surface area contributed by atoms with Crippen LogP contribution in [0.2, 0.25) is 0 Å². The smallest absolute Gasteiger partial charge is 0.344 e. The molecule has 2 rings (SSSR count). The number of carbonyl (C=O) groups is 2. The molecule has 0 radical (unpaired) electrons. The SMILES string of the molecule is Cc1cc(OCC(=O)OCC(=O)Nc2ccccc2SCC#N)no1. The Morgan fingerprint density at radius 1 is 1.36 bits per heavy atom. The molecule has 1 aromatic carbocycles. The Labute approximate surface area is 148 Å². The Morgan fingerprint density at radius 3 is 2.88 bits per heavy atom. The van der Waals surface area contributed by atoms with E-state index >= 15 is 0 Å². The van der Waals surface area contributed by atoms with Crippen molar-refractivity contribution in [2.75, 3.05) is 24.3 Å². The first-order chi connectivity index (χ1) is 12.1. The highest BCUT2D eigenvalue weighted by Crippen LogP contribution is 2.26. The standard InChI is InChI=1S/C16H15N3O5S/c1-11-8-15(19-24-11)22-10-16(21)23-9-14(20)18-12-4-2-3-5-13(12)25-7-6-17/h2-5,8H,7,9-10H2,1H3,(H,18,20). The summed E-state index contributed by atoms with van der Waals surface area (Å²) in [7, 11) is 0. The van der Waals surface area contributed by atoms with Gasteiger partial charge in [-0.05, 0) is 24.2 Å². The van der Waals surface area contributed by atoms with Gasteiger partial charge in [-0.1, -0.05) is 12.1 Å². The van der Waals surface area contributed by atoms with Crippen molar-refractivity contribution in [2.45, 2.75) is 11.8 Å². The molecule has 9 heteroatoms. The predicted molar refractivity (Wildman–Crippen MR) is 89.1 cm³/mol. The van der Waals surface area contributed by atoms with Crippen LogP contribution in [0.1, 0.15) is 5.76 Å². The molecule has 8 nitrogen and oxygen atoms in total. The molecule has 1 N–H and O–H groups in total. The molecule has 1 amide bonds. The quantitative estimate of drug-likeness (QED) is 0.562. The van der Waals surface area contributed by atoms with E-state index in [0.717, 1.165) is 4.90 Å². The third-order valence-corrected chi connectivity index (χ3v) is 3.70. The highest BCUT2D eigenvalue weighted by molar-refractivity contribution is 7.99. The lowest BCUT2D eigenvalue weighted by molar-refractivity contribution is -0.149. The van der Waals surface area contributed by atoms with Gasteiger partial charge in [-0.25, -0.2) is 4.79 Å². The molecule has 0 saturated heterocycles. The largest absolute Gasteiger partial charge is 0.463 e. The zero-order valence-corrected chi connectivity index (χ0v) is 14.2. The molecule has 0 atom stereocenters. The van der Waals surface area contributed by atoms with Gasteiger partial charge < -0.3 is 19.3 Å². The molecule has 130 valence electrons. The molecule has 2 aromatic rings. The molecule has 0 unspecified atom stereocenters. The summed E-state index contributed by atoms with van der Waals surface area (Å²) in [6, 6.07) is 10.6. The average Bonchev–Trinajstić information content (AvgIpc) is 3.03. The number of rotatable bonds is 8. The van der Waals surface area contributed by atoms with Crippen LogP contribution in [0.3, 0.4) is 0 Å². The second-order valence-corrected chi connectivity index (χ2v) is 5.73. The van der Waals surface area contributed by atoms with E-state index in [1.54, 1.807) is 31.2 Å². The van der Waals surface area contributed by atoms with Crippen molar-refractivity contribution in [3.63, 3.8) is 0 Å². The molecule has 1 aromatic heterocycles. The van der Waals surface area contributed by atoms with E-state index in [0.29, 0.717) is 11.4 Å². The first kappa shape index (κ1) is 18.4. The monoisotopic (exact) mass is 361 g/mol. The van der Waals surface area contributed by atoms with Crippen molar-refractivity contribution in [1.29, 1.82) is 5.26 Å². The molecule has 25 heavy (non-hydrogen) atoms. The maximum Gasteiger partial charge on any atom is 0.344 e. The van der Waals surface area contributed by atoms with E-state index in [4.69, 9.17) is 19.3 Å². The van der Waals surface area contributed by atoms with Crippen LogP contribution in [0, 0.1) is 18.3 Å². The summed E-state index contributed by atoms with van der Waals surface area (Å²) < 4.78 is 14.7. The Balaban J connectivity index is 1.77. The molecule has 0 aliphatic heterocycles. The van der Waals surface area contributed by atoms with Crippen molar-refractivity contribution in [3.8, 4) is 11.9 Å². The minimum atomic E-state index is -0.706. The van der Waals surface area contributed by atoms with Crippen LogP contribution in [-0.4, -0.2) is 36.0 Å². The van der Waals surface area contributed by atoms with Gasteiger partial charge in [-0.3, -0.25) is 4.79 Å². The number of aromatic nitrogens is 1. The van der Waals surface area contributed by atoms with Crippen LogP contribution in [-0.2, 0) is 14.3 Å². The van der Waals surface area contributed by atoms with Crippen molar-refractivity contribution in [1.82, 2.24) is 5.16 Å². The molecule has 0 aliphatic rings. The zero-order valence-electron chi connectivity index (χ0n) is 13.4. The van der Waals surface area contributed by atoms with Crippen molar-refractivity contribution in [3.05, 3.63) is 36.1 Å². The Kier molecular flexibility index (Phi) is 6.86. The lowest BCUT2D eigenvalue weighted by Gasteiger charge is -2.10. The molecular formula is C16H15N3O5S. The lowest BCUT2D eigenvalue weighted by Crippen LogP contribution is -2.23. The number of nitrogens with one attached hydrogen (secondary N) is 1. The van der Waals surface area contributed by atoms with Gasteiger partial charge in [0.1, 0.15) is 5.76 Å². The Hall–Kier alpha value is -2.99. The van der Waals surface area contributed by atoms with Gasteiger partial charge >= 0.3 is 5.97 Å². The summed E-state index contributed by atoms with van der Waals surface area (Å²) in [6.45, 7) is 0.862. The van der Waals surface area contributed by atoms with Crippen molar-refractivity contribution < 1.29 is 23.6 Å². The number of amides is 1. The van der Waals surface area contributed by atoms with E-state index in [9.17, 15) is 9.59 Å². The number of esters is 1. The van der Waals surface area contributed by atoms with Crippen LogP contribution < -0.4 is 10.1 Å². The summed E-state index contributed by atoms with van der Waals surface area (Å²) >= 11 is 1.30. The number of nitriles is 1. The number of para-hydroxylation sites is 1. The van der Waals surface area contributed by atoms with Gasteiger partial charge in [0.05, 0.1) is 17.5 Å². The summed E-state index contributed by atoms with van der Waals surface area (Å²) in [5.74, 6) is -0.211. The summed E-state index contributed by atoms with van der Waals surface area (Å²) in [4.78, 5) is 24.2. The Morgan fingerprint density at radius 2 is 2.16 bits per heavy atom. The third-order valence-electron chi connectivity index (χ3n) is 2.76. The zero-order chi connectivity index (χ0) is 18.1. The number of aryl methyl sites for hydroxylation is 1. The molecule has 1 heterocycles. The Bertz CT molecular complexity index is 784. The highest BCUT2D eigenvalue weighted by atomic mass is 32.2. The summed E-state index contributed by atoms with van der Waals surface area (Å²) in [6.07, 6.45) is 0. The molecule has 0 fully saturated rings. The maximum atomic E-state index is 11.9. The fraction of sp³-hybridized carbons (Fsp3) is 0.250. The second-order valence-electron chi connectivity index (χ2n) is 4.72. The maximum absolute atomic E-state index is 11.9. The van der Waals surface area contributed by atoms with E-state index in [1.165, 1.54) is 17.8 Å². The highest BCUT2D eigenvalue weighted by Gasteiger charge is 2.11. The van der Waals surface area contributed by atoms with Gasteiger partial charge in [0, 0.05) is 11.0 Å². The number of carbonyl (C=O) groups excluding carboxylic acids is 2. The number of thioether (sulfide) groups is 1. The van der Waals surface area contributed by atoms with Crippen LogP contribution >= 0.6 is 11.8 Å². The average molecular weight is 361 g/mol. The number of benzene rings is 1. The number of hydrogen-bond donors (Lipinski definition) is 1. The number of anilines is 1. The van der Waals surface area contributed by atoms with Crippen LogP contribution in [0.15, 0.2) is 39.8 Å². The van der Waals surface area contributed by atoms with Gasteiger partial charge in [-0.2, -0.15) is 5.26 Å². The topological polar surface area (TPSA) is 114 Å². The van der Waals surface area contributed by atoms with Gasteiger partial charge in [-0.15, -0.1) is 11.8 Å². The van der Waals surface area contributed by atoms with E-state index in [-0.39, 0.29) is 18.2 Å². The fourth-order valence-corrected chi connectivity index (χ4v) is 2.39. The molecule has 0 spiro atoms. The number of ether oxygens (including phenoxy) is 2. The predicted octanol–water partition coefficient (Wildman–Crippen LogP) is 2.16. The minimum absolute atomic E-state index is 0.169. The summed E-state index contributed by atoms with van der Waals surface area (Å²) in [5, 5.41) is 14.8. The fourth-order valence-electron chi connectivity index (χ4n) is 1.72. The van der Waals surface area contributed by atoms with Crippen LogP contribution in [0.5, 0.6) is 5.88 Å². The molecular weight excluding hydrogens is 346 g/mol. The van der Waals surface area contributed by atoms with Crippen molar-refractivity contribution >= 4 is 29.3 Å². The first-order valence-corrected chi connectivity index (χ1v) is 8.17. The lowest BCUT2D eigenvalue weighted by atomic mass is 10.3. The van der Waals surface area contributed by atoms with E-state index in [1.807, 2.05) is 6.07 Å². The normalized spacial score (nSPS) is 9.92. The van der Waals surface area contributed by atoms with Crippen molar-refractivity contribution in [2.24, 2.45) is 0 Å². The minimum Gasteiger partial charge on any atom is -0.463 e. The second kappa shape index (κ2) is 9.34. The molecule has 0 bridgehead atoms. The third kappa shape index (κ3) is 6.19. The first-order valence-electron chi connectivity index (χ1n) is 7.19. The molecule has 0 aliphatic carbocycles. The van der Waals surface area contributed by atoms with E-state index < -0.39 is 18.5 Å². The number of hydrogen-bond acceptors (Lipinski definition) is 8. The van der Waals surface area contributed by atoms with Gasteiger partial charge in [0.15, 0.2) is 13.2 Å². The van der Waals surface area contributed by atoms with Crippen LogP contribution in [0.25, 0.3) is 0 Å². The van der Waals surface area contributed by atoms with Crippen LogP contribution in [0.4, 0.5) is 5.69 Å². The van der Waals surface area contributed by atoms with E-state index in [2.05, 4.69) is 10.5 Å². The molecule has 0 saturated carbocycles. The summed E-state index contributed by atoms with van der Waals surface area (Å²) in [5.41, 5.74) is 0.554. The van der Waals surface area contributed by atoms with Gasteiger partial charge in [0.2, 0.25) is 0 Å².